The number of aliphatic carboxylic acids is 1. The van der Waals surface area contributed by atoms with Crippen LogP contribution in [0.25, 0.3) is 0 Å². The van der Waals surface area contributed by atoms with Crippen molar-refractivity contribution < 1.29 is 30.3 Å². The summed E-state index contributed by atoms with van der Waals surface area (Å²) >= 11 is 0. The number of carboxylic acid groups (broad SMARTS) is 1. The minimum absolute atomic E-state index is 0.00155. The summed E-state index contributed by atoms with van der Waals surface area (Å²) in [5.74, 6) is -1.11. The van der Waals surface area contributed by atoms with Gasteiger partial charge in [0.05, 0.1) is 31.3 Å². The van der Waals surface area contributed by atoms with E-state index in [1.165, 1.54) is 5.57 Å². The first-order chi connectivity index (χ1) is 16.8. The quantitative estimate of drug-likeness (QED) is 0.371. The third-order valence-corrected chi connectivity index (χ3v) is 13.6. The predicted octanol–water partition coefficient (Wildman–Crippen LogP) is 4.01. The monoisotopic (exact) mass is 504 g/mol. The fourth-order valence-electron chi connectivity index (χ4n) is 11.1. The van der Waals surface area contributed by atoms with E-state index in [1.807, 2.05) is 6.92 Å². The average Bonchev–Trinajstić information content (AvgIpc) is 2.83. The van der Waals surface area contributed by atoms with Crippen LogP contribution in [0.5, 0.6) is 0 Å². The second-order valence-electron chi connectivity index (χ2n) is 14.4. The molecule has 204 valence electrons. The number of aliphatic hydroxyl groups excluding tert-OH is 4. The number of carboxylic acids is 1. The van der Waals surface area contributed by atoms with Crippen molar-refractivity contribution in [3.05, 3.63) is 11.6 Å². The Morgan fingerprint density at radius 2 is 1.64 bits per heavy atom. The second-order valence-corrected chi connectivity index (χ2v) is 14.4. The van der Waals surface area contributed by atoms with Crippen molar-refractivity contribution in [2.45, 2.75) is 98.2 Å². The van der Waals surface area contributed by atoms with Gasteiger partial charge in [0.25, 0.3) is 0 Å². The summed E-state index contributed by atoms with van der Waals surface area (Å²) in [5, 5.41) is 53.3. The highest BCUT2D eigenvalue weighted by Gasteiger charge is 2.70. The molecule has 12 atom stereocenters. The Morgan fingerprint density at radius 1 is 0.944 bits per heavy atom. The molecule has 0 aromatic carbocycles. The number of fused-ring (bicyclic) bond motifs is 7. The van der Waals surface area contributed by atoms with Crippen LogP contribution in [0.3, 0.4) is 0 Å². The van der Waals surface area contributed by atoms with Gasteiger partial charge in [-0.1, -0.05) is 46.3 Å². The van der Waals surface area contributed by atoms with Gasteiger partial charge in [0, 0.05) is 10.8 Å². The van der Waals surface area contributed by atoms with E-state index in [1.54, 1.807) is 0 Å². The summed E-state index contributed by atoms with van der Waals surface area (Å²) < 4.78 is 0. The molecule has 0 bridgehead atoms. The molecule has 6 heteroatoms. The molecule has 0 spiro atoms. The van der Waals surface area contributed by atoms with Crippen LogP contribution in [0, 0.1) is 56.7 Å². The maximum absolute atomic E-state index is 12.2. The van der Waals surface area contributed by atoms with E-state index in [2.05, 4.69) is 33.8 Å². The lowest BCUT2D eigenvalue weighted by Crippen LogP contribution is -2.67. The van der Waals surface area contributed by atoms with Gasteiger partial charge in [-0.3, -0.25) is 4.79 Å². The summed E-state index contributed by atoms with van der Waals surface area (Å²) in [5.41, 5.74) is -0.0417. The van der Waals surface area contributed by atoms with Crippen LogP contribution in [-0.2, 0) is 4.79 Å². The fourth-order valence-corrected chi connectivity index (χ4v) is 11.1. The third kappa shape index (κ3) is 3.02. The van der Waals surface area contributed by atoms with Gasteiger partial charge in [0.2, 0.25) is 0 Å². The molecule has 0 radical (unpaired) electrons. The summed E-state index contributed by atoms with van der Waals surface area (Å²) in [6, 6.07) is 0. The minimum atomic E-state index is -0.849. The Hall–Kier alpha value is -0.950. The largest absolute Gasteiger partial charge is 0.481 e. The normalized spacial score (nSPS) is 56.5. The molecule has 4 saturated carbocycles. The Labute approximate surface area is 216 Å². The highest BCUT2D eigenvalue weighted by atomic mass is 16.4. The first kappa shape index (κ1) is 26.6. The SMILES string of the molecule is C[C@@H]1[C@H]2C3=CC[C@@H]4[C@@]5(C)CC[C@H](O)[C@@](C)(CO)[C@@H]5CC[C@@]4(C)[C@]3(C)CC[C@@]2(CO)[C@@H](O)C[C@H]1C(=O)O. The van der Waals surface area contributed by atoms with Gasteiger partial charge in [-0.2, -0.15) is 0 Å². The van der Waals surface area contributed by atoms with Crippen LogP contribution in [-0.4, -0.2) is 56.9 Å². The van der Waals surface area contributed by atoms with Crippen LogP contribution >= 0.6 is 0 Å². The van der Waals surface area contributed by atoms with Gasteiger partial charge >= 0.3 is 5.97 Å². The number of hydrogen-bond acceptors (Lipinski definition) is 5. The highest BCUT2D eigenvalue weighted by molar-refractivity contribution is 5.71. The van der Waals surface area contributed by atoms with Crippen LogP contribution in [0.2, 0.25) is 0 Å². The molecule has 5 aliphatic carbocycles. The van der Waals surface area contributed by atoms with E-state index in [0.717, 1.165) is 32.1 Å². The maximum atomic E-state index is 12.2. The molecule has 0 amide bonds. The third-order valence-electron chi connectivity index (χ3n) is 13.6. The van der Waals surface area contributed by atoms with Crippen LogP contribution in [0.4, 0.5) is 0 Å². The number of aliphatic hydroxyl groups is 4. The lowest BCUT2D eigenvalue weighted by Gasteiger charge is -2.72. The van der Waals surface area contributed by atoms with Crippen LogP contribution in [0.1, 0.15) is 86.0 Å². The Kier molecular flexibility index (Phi) is 6.12. The maximum Gasteiger partial charge on any atom is 0.306 e. The van der Waals surface area contributed by atoms with Crippen LogP contribution in [0.15, 0.2) is 11.6 Å². The molecule has 0 aromatic heterocycles. The molecule has 4 fully saturated rings. The van der Waals surface area contributed by atoms with Crippen molar-refractivity contribution in [2.75, 3.05) is 13.2 Å². The number of hydrogen-bond donors (Lipinski definition) is 5. The molecule has 5 aliphatic rings. The fraction of sp³-hybridized carbons (Fsp3) is 0.900. The molecule has 0 heterocycles. The lowest BCUT2D eigenvalue weighted by molar-refractivity contribution is -0.223. The van der Waals surface area contributed by atoms with Gasteiger partial charge in [-0.05, 0) is 91.3 Å². The summed E-state index contributed by atoms with van der Waals surface area (Å²) in [6.07, 6.45) is 7.40. The molecule has 0 aliphatic heterocycles. The van der Waals surface area contributed by atoms with Crippen molar-refractivity contribution in [2.24, 2.45) is 56.7 Å². The zero-order valence-electron chi connectivity index (χ0n) is 22.8. The molecule has 36 heavy (non-hydrogen) atoms. The lowest BCUT2D eigenvalue weighted by atomic mass is 9.33. The topological polar surface area (TPSA) is 118 Å². The first-order valence-corrected chi connectivity index (χ1v) is 14.3. The van der Waals surface area contributed by atoms with E-state index in [0.29, 0.717) is 18.8 Å². The number of allylic oxidation sites excluding steroid dienone is 2. The van der Waals surface area contributed by atoms with E-state index in [-0.39, 0.29) is 53.6 Å². The van der Waals surface area contributed by atoms with Gasteiger partial charge in [0.1, 0.15) is 0 Å². The molecule has 5 rings (SSSR count). The molecule has 6 nitrogen and oxygen atoms in total. The van der Waals surface area contributed by atoms with E-state index < -0.39 is 34.9 Å². The summed E-state index contributed by atoms with van der Waals surface area (Å²) in [6.45, 7) is 11.2. The zero-order valence-corrected chi connectivity index (χ0v) is 22.8. The van der Waals surface area contributed by atoms with E-state index in [9.17, 15) is 30.3 Å². The highest BCUT2D eigenvalue weighted by Crippen LogP contribution is 2.75. The van der Waals surface area contributed by atoms with E-state index in [4.69, 9.17) is 0 Å². The van der Waals surface area contributed by atoms with Gasteiger partial charge in [0.15, 0.2) is 0 Å². The average molecular weight is 505 g/mol. The van der Waals surface area contributed by atoms with Crippen molar-refractivity contribution in [3.8, 4) is 0 Å². The van der Waals surface area contributed by atoms with E-state index >= 15 is 0 Å². The van der Waals surface area contributed by atoms with Gasteiger partial charge in [-0.25, -0.2) is 0 Å². The van der Waals surface area contributed by atoms with Gasteiger partial charge in [-0.15, -0.1) is 0 Å². The Bertz CT molecular complexity index is 948. The smallest absolute Gasteiger partial charge is 0.306 e. The molecule has 0 saturated heterocycles. The predicted molar refractivity (Wildman–Crippen MR) is 137 cm³/mol. The molecule has 5 N–H and O–H groups in total. The first-order valence-electron chi connectivity index (χ1n) is 14.3. The second kappa shape index (κ2) is 8.27. The standard InChI is InChI=1S/C30H48O6/c1-17-18(25(35)36)14-23(34)30(16-32)13-12-28(4)19(24(17)30)6-7-21-26(2)10-9-22(33)27(3,15-31)20(26)8-11-29(21,28)5/h6,17-18,20-24,31-34H,7-16H2,1-5H3,(H,35,36)/t17-,18+,20+,21+,22-,23-,24-,26-,27-,28+,29+,30+/m0/s1. The van der Waals surface area contributed by atoms with Crippen molar-refractivity contribution >= 4 is 5.97 Å². The number of rotatable bonds is 3. The van der Waals surface area contributed by atoms with Gasteiger partial charge < -0.3 is 25.5 Å². The van der Waals surface area contributed by atoms with Crippen molar-refractivity contribution in [1.29, 1.82) is 0 Å². The Morgan fingerprint density at radius 3 is 2.25 bits per heavy atom. The van der Waals surface area contributed by atoms with Crippen molar-refractivity contribution in [1.82, 2.24) is 0 Å². The Balaban J connectivity index is 1.61. The minimum Gasteiger partial charge on any atom is -0.481 e. The molecular weight excluding hydrogens is 456 g/mol. The summed E-state index contributed by atoms with van der Waals surface area (Å²) in [4.78, 5) is 12.2. The molecular formula is C30H48O6. The summed E-state index contributed by atoms with van der Waals surface area (Å²) in [7, 11) is 0. The molecule has 0 aromatic rings. The van der Waals surface area contributed by atoms with Crippen LogP contribution < -0.4 is 0 Å². The number of carbonyl (C=O) groups is 1. The zero-order chi connectivity index (χ0) is 26.5. The molecule has 0 unspecified atom stereocenters. The van der Waals surface area contributed by atoms with Crippen molar-refractivity contribution in [3.63, 3.8) is 0 Å².